The average molecular weight is 286 g/mol. The highest BCUT2D eigenvalue weighted by atomic mass is 19.1. The summed E-state index contributed by atoms with van der Waals surface area (Å²) in [5.74, 6) is -0.843. The first kappa shape index (κ1) is 14.5. The Balaban J connectivity index is 2.19. The van der Waals surface area contributed by atoms with Gasteiger partial charge in [-0.25, -0.2) is 4.39 Å². The molecule has 0 aliphatic carbocycles. The molecule has 0 N–H and O–H groups in total. The van der Waals surface area contributed by atoms with Crippen LogP contribution < -0.4 is 4.74 Å². The molecule has 6 heteroatoms. The van der Waals surface area contributed by atoms with Gasteiger partial charge in [0, 0.05) is 5.56 Å². The summed E-state index contributed by atoms with van der Waals surface area (Å²) in [6, 6.07) is 10.9. The third-order valence-corrected chi connectivity index (χ3v) is 2.90. The zero-order valence-electron chi connectivity index (χ0n) is 11.2. The summed E-state index contributed by atoms with van der Waals surface area (Å²) in [5, 5.41) is 19.5. The largest absolute Gasteiger partial charge is 0.486 e. The monoisotopic (exact) mass is 286 g/mol. The van der Waals surface area contributed by atoms with Crippen LogP contribution in [0.25, 0.3) is 0 Å². The van der Waals surface area contributed by atoms with Gasteiger partial charge in [-0.15, -0.1) is 0 Å². The standard InChI is InChI=1S/C15H11FN2O3/c1-10-5-15(13(16)7-14(10)18(19)20)21-9-12-4-2-3-11(6-12)8-17/h2-7H,9H2,1H3. The first-order valence-corrected chi connectivity index (χ1v) is 6.07. The predicted octanol–water partition coefficient (Wildman–Crippen LogP) is 3.49. The van der Waals surface area contributed by atoms with Gasteiger partial charge in [-0.1, -0.05) is 12.1 Å². The zero-order chi connectivity index (χ0) is 15.4. The summed E-state index contributed by atoms with van der Waals surface area (Å²) in [5.41, 5.74) is 1.23. The summed E-state index contributed by atoms with van der Waals surface area (Å²) >= 11 is 0. The molecule has 21 heavy (non-hydrogen) atoms. The lowest BCUT2D eigenvalue weighted by atomic mass is 10.1. The van der Waals surface area contributed by atoms with Crippen LogP contribution in [0.4, 0.5) is 10.1 Å². The highest BCUT2D eigenvalue weighted by Gasteiger charge is 2.16. The molecule has 0 bridgehead atoms. The van der Waals surface area contributed by atoms with Crippen molar-refractivity contribution >= 4 is 5.69 Å². The van der Waals surface area contributed by atoms with Crippen molar-refractivity contribution in [2.45, 2.75) is 13.5 Å². The van der Waals surface area contributed by atoms with Crippen molar-refractivity contribution in [3.63, 3.8) is 0 Å². The van der Waals surface area contributed by atoms with E-state index < -0.39 is 10.7 Å². The molecule has 106 valence electrons. The highest BCUT2D eigenvalue weighted by molar-refractivity contribution is 5.45. The van der Waals surface area contributed by atoms with Crippen molar-refractivity contribution in [3.8, 4) is 11.8 Å². The van der Waals surface area contributed by atoms with Gasteiger partial charge in [0.1, 0.15) is 6.61 Å². The second-order valence-corrected chi connectivity index (χ2v) is 4.43. The molecular formula is C15H11FN2O3. The molecule has 0 saturated heterocycles. The molecule has 2 aromatic rings. The number of hydrogen-bond acceptors (Lipinski definition) is 4. The van der Waals surface area contributed by atoms with Crippen LogP contribution in [-0.2, 0) is 6.61 Å². The van der Waals surface area contributed by atoms with Gasteiger partial charge in [0.15, 0.2) is 11.6 Å². The predicted molar refractivity (Wildman–Crippen MR) is 73.3 cm³/mol. The molecule has 0 saturated carbocycles. The van der Waals surface area contributed by atoms with Gasteiger partial charge in [-0.05, 0) is 30.7 Å². The molecule has 0 radical (unpaired) electrons. The van der Waals surface area contributed by atoms with Crippen molar-refractivity contribution in [2.24, 2.45) is 0 Å². The first-order valence-electron chi connectivity index (χ1n) is 6.07. The smallest absolute Gasteiger partial charge is 0.275 e. The average Bonchev–Trinajstić information content (AvgIpc) is 2.47. The fourth-order valence-electron chi connectivity index (χ4n) is 1.84. The van der Waals surface area contributed by atoms with E-state index in [4.69, 9.17) is 10.00 Å². The normalized spacial score (nSPS) is 9.95. The van der Waals surface area contributed by atoms with E-state index >= 15 is 0 Å². The lowest BCUT2D eigenvalue weighted by Gasteiger charge is -2.08. The van der Waals surface area contributed by atoms with Crippen LogP contribution in [0.15, 0.2) is 36.4 Å². The van der Waals surface area contributed by atoms with Crippen molar-refractivity contribution in [3.05, 3.63) is 69.0 Å². The summed E-state index contributed by atoms with van der Waals surface area (Å²) in [4.78, 5) is 10.1. The van der Waals surface area contributed by atoms with Gasteiger partial charge in [-0.3, -0.25) is 10.1 Å². The first-order chi connectivity index (χ1) is 10.0. The topological polar surface area (TPSA) is 76.2 Å². The Labute approximate surface area is 120 Å². The van der Waals surface area contributed by atoms with Crippen molar-refractivity contribution in [2.75, 3.05) is 0 Å². The summed E-state index contributed by atoms with van der Waals surface area (Å²) in [6.45, 7) is 1.59. The Bertz CT molecular complexity index is 738. The third-order valence-electron chi connectivity index (χ3n) is 2.90. The van der Waals surface area contributed by atoms with E-state index in [-0.39, 0.29) is 18.0 Å². The molecule has 2 aromatic carbocycles. The Kier molecular flexibility index (Phi) is 4.14. The quantitative estimate of drug-likeness (QED) is 0.636. The van der Waals surface area contributed by atoms with Crippen LogP contribution in [0.1, 0.15) is 16.7 Å². The van der Waals surface area contributed by atoms with Gasteiger partial charge in [0.05, 0.1) is 22.6 Å². The van der Waals surface area contributed by atoms with Gasteiger partial charge in [0.2, 0.25) is 0 Å². The lowest BCUT2D eigenvalue weighted by Crippen LogP contribution is -2.00. The molecule has 0 heterocycles. The van der Waals surface area contributed by atoms with E-state index in [2.05, 4.69) is 0 Å². The summed E-state index contributed by atoms with van der Waals surface area (Å²) in [6.07, 6.45) is 0. The zero-order valence-corrected chi connectivity index (χ0v) is 11.2. The molecule has 0 aromatic heterocycles. The van der Waals surface area contributed by atoms with E-state index in [9.17, 15) is 14.5 Å². The minimum Gasteiger partial charge on any atom is -0.486 e. The minimum atomic E-state index is -0.788. The highest BCUT2D eigenvalue weighted by Crippen LogP contribution is 2.27. The van der Waals surface area contributed by atoms with Gasteiger partial charge < -0.3 is 4.74 Å². The van der Waals surface area contributed by atoms with Crippen LogP contribution in [-0.4, -0.2) is 4.92 Å². The van der Waals surface area contributed by atoms with E-state index in [1.807, 2.05) is 6.07 Å². The Hall–Kier alpha value is -2.94. The van der Waals surface area contributed by atoms with Crippen molar-refractivity contribution in [1.29, 1.82) is 5.26 Å². The Morgan fingerprint density at radius 2 is 2.14 bits per heavy atom. The van der Waals surface area contributed by atoms with Crippen molar-refractivity contribution in [1.82, 2.24) is 0 Å². The van der Waals surface area contributed by atoms with E-state index in [0.717, 1.165) is 6.07 Å². The third kappa shape index (κ3) is 3.34. The van der Waals surface area contributed by atoms with Gasteiger partial charge >= 0.3 is 0 Å². The number of aryl methyl sites for hydroxylation is 1. The van der Waals surface area contributed by atoms with Crippen LogP contribution in [0.3, 0.4) is 0 Å². The molecule has 0 atom stereocenters. The second kappa shape index (κ2) is 6.01. The SMILES string of the molecule is Cc1cc(OCc2cccc(C#N)c2)c(F)cc1[N+](=O)[O-]. The maximum Gasteiger partial charge on any atom is 0.275 e. The molecule has 0 aliphatic rings. The number of halogens is 1. The molecular weight excluding hydrogens is 275 g/mol. The number of rotatable bonds is 4. The molecule has 0 fully saturated rings. The van der Waals surface area contributed by atoms with Crippen LogP contribution in [0.2, 0.25) is 0 Å². The number of nitro benzene ring substituents is 1. The van der Waals surface area contributed by atoms with Crippen LogP contribution in [0, 0.1) is 34.2 Å². The van der Waals surface area contributed by atoms with Crippen LogP contribution in [0.5, 0.6) is 5.75 Å². The Morgan fingerprint density at radius 3 is 2.81 bits per heavy atom. The molecule has 5 nitrogen and oxygen atoms in total. The number of hydrogen-bond donors (Lipinski definition) is 0. The van der Waals surface area contributed by atoms with E-state index in [0.29, 0.717) is 16.7 Å². The molecule has 0 aliphatic heterocycles. The molecule has 2 rings (SSSR count). The van der Waals surface area contributed by atoms with Gasteiger partial charge in [0.25, 0.3) is 5.69 Å². The number of nitrogens with zero attached hydrogens (tertiary/aromatic N) is 2. The summed E-state index contributed by atoms with van der Waals surface area (Å²) < 4.78 is 19.1. The number of ether oxygens (including phenoxy) is 1. The fraction of sp³-hybridized carbons (Fsp3) is 0.133. The molecule has 0 spiro atoms. The van der Waals surface area contributed by atoms with Gasteiger partial charge in [-0.2, -0.15) is 5.26 Å². The fourth-order valence-corrected chi connectivity index (χ4v) is 1.84. The second-order valence-electron chi connectivity index (χ2n) is 4.43. The maximum atomic E-state index is 13.8. The van der Waals surface area contributed by atoms with Crippen LogP contribution >= 0.6 is 0 Å². The van der Waals surface area contributed by atoms with E-state index in [1.165, 1.54) is 13.0 Å². The number of nitriles is 1. The Morgan fingerprint density at radius 1 is 1.38 bits per heavy atom. The minimum absolute atomic E-state index is 0.0551. The molecule has 0 amide bonds. The maximum absolute atomic E-state index is 13.8. The number of benzene rings is 2. The van der Waals surface area contributed by atoms with Crippen molar-refractivity contribution < 1.29 is 14.1 Å². The lowest BCUT2D eigenvalue weighted by molar-refractivity contribution is -0.385. The number of nitro groups is 1. The molecule has 0 unspecified atom stereocenters. The summed E-state index contributed by atoms with van der Waals surface area (Å²) in [7, 11) is 0. The van der Waals surface area contributed by atoms with E-state index in [1.54, 1.807) is 24.3 Å².